The van der Waals surface area contributed by atoms with E-state index in [0.717, 1.165) is 32.2 Å². The van der Waals surface area contributed by atoms with Crippen molar-refractivity contribution in [3.63, 3.8) is 0 Å². The summed E-state index contributed by atoms with van der Waals surface area (Å²) in [7, 11) is 7.81. The summed E-state index contributed by atoms with van der Waals surface area (Å²) < 4.78 is 38.4. The van der Waals surface area contributed by atoms with Crippen LogP contribution in [0.1, 0.15) is 56.8 Å². The van der Waals surface area contributed by atoms with E-state index in [1.54, 1.807) is 71.9 Å². The van der Waals surface area contributed by atoms with E-state index in [-0.39, 0.29) is 17.4 Å². The summed E-state index contributed by atoms with van der Waals surface area (Å²) in [5.41, 5.74) is 7.77. The number of hydrogen-bond donors (Lipinski definition) is 1. The van der Waals surface area contributed by atoms with E-state index in [4.69, 9.17) is 38.9 Å². The third-order valence-electron chi connectivity index (χ3n) is 8.09. The molecule has 1 saturated heterocycles. The van der Waals surface area contributed by atoms with Crippen molar-refractivity contribution in [1.82, 2.24) is 4.90 Å². The summed E-state index contributed by atoms with van der Waals surface area (Å²) in [5, 5.41) is 0. The molecule has 11 heteroatoms. The lowest BCUT2D eigenvalue weighted by atomic mass is 9.89. The zero-order valence-electron chi connectivity index (χ0n) is 28.7. The van der Waals surface area contributed by atoms with Crippen LogP contribution in [0, 0.1) is 5.41 Å². The lowest BCUT2D eigenvalue weighted by Gasteiger charge is -2.25. The van der Waals surface area contributed by atoms with Crippen LogP contribution in [0.3, 0.4) is 0 Å². The van der Waals surface area contributed by atoms with Gasteiger partial charge in [-0.3, -0.25) is 9.79 Å². The van der Waals surface area contributed by atoms with Gasteiger partial charge in [0.2, 0.25) is 5.75 Å². The van der Waals surface area contributed by atoms with Crippen LogP contribution in [-0.2, 0) is 0 Å². The molecule has 3 aromatic carbocycles. The smallest absolute Gasteiger partial charge is 0.256 e. The highest BCUT2D eigenvalue weighted by molar-refractivity contribution is 6.03. The standard InChI is InChI=1S/C20H28N2O3.C16H19NO5/c1-5-8-20(2,3)13-25-18-11-16-15(10-17(18)24-4)19(23)22-9-6-7-14(22)12-21-16;1-18-10-5-6-12(17)13(7-10)22-11-8-14(19-2)16(21-4)15(9-11)20-3/h10-12,14H,5-9,13H2,1-4H3;5-9H,17H2,1-4H3. The maximum atomic E-state index is 12.8. The van der Waals surface area contributed by atoms with E-state index >= 15 is 0 Å². The van der Waals surface area contributed by atoms with Crippen molar-refractivity contribution in [1.29, 1.82) is 0 Å². The average molecular weight is 650 g/mol. The minimum Gasteiger partial charge on any atom is -0.497 e. The summed E-state index contributed by atoms with van der Waals surface area (Å²) in [6.45, 7) is 7.96. The van der Waals surface area contributed by atoms with E-state index in [0.29, 0.717) is 69.5 Å². The minimum atomic E-state index is 0.0335. The fraction of sp³-hybridized carbons (Fsp3) is 0.444. The molecule has 1 fully saturated rings. The van der Waals surface area contributed by atoms with Crippen LogP contribution in [0.5, 0.6) is 46.0 Å². The first-order chi connectivity index (χ1) is 22.6. The zero-order chi connectivity index (χ0) is 34.1. The largest absolute Gasteiger partial charge is 0.497 e. The Morgan fingerprint density at radius 2 is 1.53 bits per heavy atom. The molecule has 0 radical (unpaired) electrons. The van der Waals surface area contributed by atoms with E-state index in [1.807, 2.05) is 17.2 Å². The second-order valence-corrected chi connectivity index (χ2v) is 12.1. The SMILES string of the molecule is CCCC(C)(C)COc1cc2c(cc1OC)C(=O)N1CCCC1C=N2.COc1ccc(N)c(Oc2cc(OC)c(OC)c(OC)c2)c1. The highest BCUT2D eigenvalue weighted by atomic mass is 16.5. The average Bonchev–Trinajstić information content (AvgIpc) is 3.50. The van der Waals surface area contributed by atoms with Crippen LogP contribution in [0.2, 0.25) is 0 Å². The molecular formula is C36H47N3O8. The van der Waals surface area contributed by atoms with Crippen LogP contribution in [0.4, 0.5) is 11.4 Å². The first-order valence-corrected chi connectivity index (χ1v) is 15.7. The number of carbonyl (C=O) groups is 1. The monoisotopic (exact) mass is 649 g/mol. The van der Waals surface area contributed by atoms with Crippen molar-refractivity contribution >= 4 is 23.5 Å². The molecule has 5 rings (SSSR count). The Balaban J connectivity index is 0.000000215. The summed E-state index contributed by atoms with van der Waals surface area (Å²) in [6, 6.07) is 12.3. The maximum absolute atomic E-state index is 12.8. The number of nitrogens with zero attached hydrogens (tertiary/aromatic N) is 2. The quantitative estimate of drug-likeness (QED) is 0.201. The van der Waals surface area contributed by atoms with Gasteiger partial charge in [-0.15, -0.1) is 0 Å². The van der Waals surface area contributed by atoms with Gasteiger partial charge in [0.15, 0.2) is 28.7 Å². The Morgan fingerprint density at radius 3 is 2.15 bits per heavy atom. The van der Waals surface area contributed by atoms with E-state index in [1.165, 1.54) is 0 Å². The molecule has 47 heavy (non-hydrogen) atoms. The topological polar surface area (TPSA) is 123 Å². The number of methoxy groups -OCH3 is 5. The molecule has 0 aliphatic carbocycles. The Morgan fingerprint density at radius 1 is 0.851 bits per heavy atom. The molecule has 1 unspecified atom stereocenters. The molecule has 2 aliphatic heterocycles. The van der Waals surface area contributed by atoms with Gasteiger partial charge < -0.3 is 43.8 Å². The summed E-state index contributed by atoms with van der Waals surface area (Å²) >= 11 is 0. The number of hydrogen-bond acceptors (Lipinski definition) is 10. The number of rotatable bonds is 12. The van der Waals surface area contributed by atoms with Crippen LogP contribution in [-0.4, -0.2) is 71.8 Å². The lowest BCUT2D eigenvalue weighted by molar-refractivity contribution is 0.0774. The Hall–Kier alpha value is -4.80. The first-order valence-electron chi connectivity index (χ1n) is 15.7. The van der Waals surface area contributed by atoms with Gasteiger partial charge in [0.1, 0.15) is 11.5 Å². The predicted octanol–water partition coefficient (Wildman–Crippen LogP) is 7.32. The lowest BCUT2D eigenvalue weighted by Crippen LogP contribution is -2.35. The van der Waals surface area contributed by atoms with Gasteiger partial charge in [-0.1, -0.05) is 27.2 Å². The summed E-state index contributed by atoms with van der Waals surface area (Å²) in [6.07, 6.45) is 6.12. The molecule has 0 aromatic heterocycles. The van der Waals surface area contributed by atoms with E-state index in [9.17, 15) is 4.79 Å². The second kappa shape index (κ2) is 15.7. The van der Waals surface area contributed by atoms with Crippen molar-refractivity contribution in [2.45, 2.75) is 52.5 Å². The van der Waals surface area contributed by atoms with Crippen LogP contribution < -0.4 is 38.9 Å². The number of ether oxygens (including phenoxy) is 7. The molecular weight excluding hydrogens is 602 g/mol. The normalized spacial score (nSPS) is 15.0. The van der Waals surface area contributed by atoms with Gasteiger partial charge in [0, 0.05) is 37.0 Å². The van der Waals surface area contributed by atoms with Crippen molar-refractivity contribution in [3.8, 4) is 46.0 Å². The van der Waals surface area contributed by atoms with Crippen LogP contribution in [0.25, 0.3) is 0 Å². The second-order valence-electron chi connectivity index (χ2n) is 12.1. The number of benzene rings is 3. The number of aliphatic imine (C=N–C) groups is 1. The molecule has 2 heterocycles. The Kier molecular flexibility index (Phi) is 11.7. The molecule has 0 bridgehead atoms. The van der Waals surface area contributed by atoms with Crippen molar-refractivity contribution in [3.05, 3.63) is 48.0 Å². The molecule has 1 amide bonds. The molecule has 1 atom stereocenters. The highest BCUT2D eigenvalue weighted by Crippen LogP contribution is 2.43. The van der Waals surface area contributed by atoms with Crippen molar-refractivity contribution in [2.75, 3.05) is 54.4 Å². The van der Waals surface area contributed by atoms with E-state index in [2.05, 4.69) is 25.8 Å². The van der Waals surface area contributed by atoms with Crippen LogP contribution >= 0.6 is 0 Å². The van der Waals surface area contributed by atoms with Gasteiger partial charge in [0.05, 0.1) is 65.1 Å². The fourth-order valence-corrected chi connectivity index (χ4v) is 5.62. The molecule has 2 N–H and O–H groups in total. The van der Waals surface area contributed by atoms with Gasteiger partial charge in [-0.25, -0.2) is 0 Å². The molecule has 0 spiro atoms. The van der Waals surface area contributed by atoms with Gasteiger partial charge in [-0.05, 0) is 42.9 Å². The first kappa shape index (κ1) is 35.1. The predicted molar refractivity (Wildman–Crippen MR) is 183 cm³/mol. The number of nitrogens with two attached hydrogens (primary N) is 1. The van der Waals surface area contributed by atoms with Gasteiger partial charge >= 0.3 is 0 Å². The number of amides is 1. The van der Waals surface area contributed by atoms with Crippen molar-refractivity contribution in [2.24, 2.45) is 10.4 Å². The third-order valence-corrected chi connectivity index (χ3v) is 8.09. The molecule has 3 aromatic rings. The van der Waals surface area contributed by atoms with Gasteiger partial charge in [-0.2, -0.15) is 0 Å². The number of nitrogen functional groups attached to an aromatic ring is 1. The Bertz CT molecular complexity index is 1550. The summed E-state index contributed by atoms with van der Waals surface area (Å²) in [4.78, 5) is 19.3. The Labute approximate surface area is 277 Å². The highest BCUT2D eigenvalue weighted by Gasteiger charge is 2.32. The zero-order valence-corrected chi connectivity index (χ0v) is 28.7. The van der Waals surface area contributed by atoms with Crippen LogP contribution in [0.15, 0.2) is 47.5 Å². The number of carbonyl (C=O) groups excluding carboxylic acids is 1. The summed E-state index contributed by atoms with van der Waals surface area (Å²) in [5.74, 6) is 4.41. The minimum absolute atomic E-state index is 0.0335. The van der Waals surface area contributed by atoms with E-state index < -0.39 is 0 Å². The number of fused-ring (bicyclic) bond motifs is 2. The molecule has 11 nitrogen and oxygen atoms in total. The fourth-order valence-electron chi connectivity index (χ4n) is 5.62. The van der Waals surface area contributed by atoms with Gasteiger partial charge in [0.25, 0.3) is 5.91 Å². The maximum Gasteiger partial charge on any atom is 0.256 e. The molecule has 0 saturated carbocycles. The third kappa shape index (κ3) is 8.33. The van der Waals surface area contributed by atoms with Crippen molar-refractivity contribution < 1.29 is 38.0 Å². The number of anilines is 1. The molecule has 254 valence electrons. The molecule has 2 aliphatic rings.